The summed E-state index contributed by atoms with van der Waals surface area (Å²) in [6.07, 6.45) is -0.953. The van der Waals surface area contributed by atoms with E-state index in [0.717, 1.165) is 5.56 Å². The van der Waals surface area contributed by atoms with Crippen molar-refractivity contribution in [2.24, 2.45) is 0 Å². The number of β-amino-alcohol motifs (C(OH)–C–C–N with tert-alkyl or cyclic N) is 1. The van der Waals surface area contributed by atoms with Gasteiger partial charge in [0.2, 0.25) is 0 Å². The Morgan fingerprint density at radius 1 is 1.08 bits per heavy atom. The van der Waals surface area contributed by atoms with Crippen LogP contribution in [0.1, 0.15) is 29.0 Å². The van der Waals surface area contributed by atoms with E-state index < -0.39 is 18.4 Å². The zero-order valence-electron chi connectivity index (χ0n) is 15.5. The Labute approximate surface area is 153 Å². The number of hydrogen-bond donors (Lipinski definition) is 1. The summed E-state index contributed by atoms with van der Waals surface area (Å²) in [4.78, 5) is 27.6. The number of amides is 2. The van der Waals surface area contributed by atoms with Crippen LogP contribution in [0.5, 0.6) is 0 Å². The highest BCUT2D eigenvalue weighted by molar-refractivity contribution is 5.76. The van der Waals surface area contributed by atoms with Crippen LogP contribution in [0.3, 0.4) is 0 Å². The highest BCUT2D eigenvalue weighted by Crippen LogP contribution is 2.31. The molecular formula is C19H26N2O5. The highest BCUT2D eigenvalue weighted by atomic mass is 16.7. The largest absolute Gasteiger partial charge is 0.508 e. The minimum Gasteiger partial charge on any atom is -0.438 e. The molecule has 2 fully saturated rings. The van der Waals surface area contributed by atoms with Gasteiger partial charge in [0.25, 0.3) is 0 Å². The molecule has 1 aromatic carbocycles. The number of nitrogens with zero attached hydrogens (tertiary/aromatic N) is 2. The number of piperidine rings is 1. The quantitative estimate of drug-likeness (QED) is 0.815. The molecule has 2 saturated heterocycles. The molecule has 1 aromatic rings. The second-order valence-electron chi connectivity index (χ2n) is 7.22. The van der Waals surface area contributed by atoms with Crippen LogP contribution in [-0.4, -0.2) is 72.6 Å². The lowest BCUT2D eigenvalue weighted by Gasteiger charge is -2.43. The first-order valence-electron chi connectivity index (χ1n) is 8.91. The number of aryl methyl sites for hydroxylation is 2. The molecule has 142 valence electrons. The number of carbonyl (C=O) groups is 2. The van der Waals surface area contributed by atoms with Crippen molar-refractivity contribution >= 4 is 12.2 Å². The molecule has 2 atom stereocenters. The van der Waals surface area contributed by atoms with Crippen molar-refractivity contribution in [2.45, 2.75) is 38.4 Å². The van der Waals surface area contributed by atoms with Crippen molar-refractivity contribution in [3.05, 3.63) is 34.9 Å². The molecule has 0 spiro atoms. The fourth-order valence-corrected chi connectivity index (χ4v) is 3.55. The van der Waals surface area contributed by atoms with E-state index >= 15 is 0 Å². The minimum atomic E-state index is -0.734. The van der Waals surface area contributed by atoms with Crippen LogP contribution < -0.4 is 0 Å². The average Bonchev–Trinajstić information content (AvgIpc) is 2.60. The summed E-state index contributed by atoms with van der Waals surface area (Å²) in [6.45, 7) is 5.73. The van der Waals surface area contributed by atoms with Crippen molar-refractivity contribution < 1.29 is 24.2 Å². The van der Waals surface area contributed by atoms with Crippen LogP contribution in [-0.2, 0) is 9.47 Å². The van der Waals surface area contributed by atoms with Crippen LogP contribution in [0.2, 0.25) is 0 Å². The van der Waals surface area contributed by atoms with E-state index in [9.17, 15) is 14.7 Å². The van der Waals surface area contributed by atoms with E-state index in [0.29, 0.717) is 32.6 Å². The molecule has 3 rings (SSSR count). The first-order chi connectivity index (χ1) is 12.4. The van der Waals surface area contributed by atoms with Gasteiger partial charge in [0.05, 0.1) is 32.8 Å². The van der Waals surface area contributed by atoms with Crippen molar-refractivity contribution in [1.29, 1.82) is 0 Å². The number of rotatable bonds is 2. The number of aliphatic hydroxyl groups excluding tert-OH is 1. The Bertz CT molecular complexity index is 687. The summed E-state index contributed by atoms with van der Waals surface area (Å²) in [5, 5.41) is 9.46. The third-order valence-corrected chi connectivity index (χ3v) is 5.25. The third-order valence-electron chi connectivity index (χ3n) is 5.25. The van der Waals surface area contributed by atoms with Crippen molar-refractivity contribution in [2.75, 3.05) is 33.3 Å². The molecule has 0 radical (unpaired) electrons. The van der Waals surface area contributed by atoms with Crippen molar-refractivity contribution in [3.8, 4) is 0 Å². The van der Waals surface area contributed by atoms with Gasteiger partial charge in [-0.1, -0.05) is 18.2 Å². The fraction of sp³-hybridized carbons (Fsp3) is 0.579. The number of urea groups is 1. The van der Waals surface area contributed by atoms with Crippen LogP contribution >= 0.6 is 0 Å². The Balaban J connectivity index is 1.77. The summed E-state index contributed by atoms with van der Waals surface area (Å²) in [7, 11) is 1.27. The molecule has 2 heterocycles. The molecule has 0 aromatic heterocycles. The number of ether oxygens (including phenoxy) is 2. The number of carbonyl (C=O) groups excluding carboxylic acids is 2. The molecule has 0 bridgehead atoms. The summed E-state index contributed by atoms with van der Waals surface area (Å²) in [5.41, 5.74) is 3.55. The molecule has 7 heteroatoms. The zero-order valence-corrected chi connectivity index (χ0v) is 15.5. The molecule has 0 saturated carbocycles. The second-order valence-corrected chi connectivity index (χ2v) is 7.22. The first kappa shape index (κ1) is 18.5. The summed E-state index contributed by atoms with van der Waals surface area (Å²) >= 11 is 0. The van der Waals surface area contributed by atoms with Gasteiger partial charge in [0.15, 0.2) is 0 Å². The highest BCUT2D eigenvalue weighted by Gasteiger charge is 2.38. The van der Waals surface area contributed by atoms with Gasteiger partial charge in [-0.25, -0.2) is 9.59 Å². The summed E-state index contributed by atoms with van der Waals surface area (Å²) < 4.78 is 9.97. The lowest BCUT2D eigenvalue weighted by Crippen LogP contribution is -2.60. The van der Waals surface area contributed by atoms with Gasteiger partial charge in [-0.2, -0.15) is 0 Å². The molecule has 2 amide bonds. The predicted octanol–water partition coefficient (Wildman–Crippen LogP) is 2.04. The third kappa shape index (κ3) is 3.93. The van der Waals surface area contributed by atoms with E-state index in [1.807, 2.05) is 0 Å². The van der Waals surface area contributed by atoms with Crippen molar-refractivity contribution in [1.82, 2.24) is 9.80 Å². The number of methoxy groups -OCH3 is 1. The monoisotopic (exact) mass is 362 g/mol. The van der Waals surface area contributed by atoms with E-state index in [1.54, 1.807) is 9.80 Å². The normalized spacial score (nSPS) is 23.4. The van der Waals surface area contributed by atoms with Gasteiger partial charge in [-0.3, -0.25) is 0 Å². The SMILES string of the molecule is COC(=O)OC1CC(c2ccc(C)c(C)c2)CN(C(=O)N2CC(O)C2)C1. The summed E-state index contributed by atoms with van der Waals surface area (Å²) in [5.74, 6) is 0.0767. The number of benzene rings is 1. The van der Waals surface area contributed by atoms with E-state index in [-0.39, 0.29) is 11.9 Å². The second kappa shape index (κ2) is 7.53. The van der Waals surface area contributed by atoms with Crippen LogP contribution in [0, 0.1) is 13.8 Å². The topological polar surface area (TPSA) is 79.3 Å². The molecule has 26 heavy (non-hydrogen) atoms. The Morgan fingerprint density at radius 2 is 1.77 bits per heavy atom. The zero-order chi connectivity index (χ0) is 18.8. The molecule has 2 aliphatic rings. The molecule has 2 aliphatic heterocycles. The van der Waals surface area contributed by atoms with Gasteiger partial charge in [0, 0.05) is 12.5 Å². The molecule has 0 aliphatic carbocycles. The average molecular weight is 362 g/mol. The van der Waals surface area contributed by atoms with Crippen LogP contribution in [0.4, 0.5) is 9.59 Å². The Morgan fingerprint density at radius 3 is 2.38 bits per heavy atom. The lowest BCUT2D eigenvalue weighted by molar-refractivity contribution is -0.0133. The minimum absolute atomic E-state index is 0.0767. The molecular weight excluding hydrogens is 336 g/mol. The molecule has 7 nitrogen and oxygen atoms in total. The van der Waals surface area contributed by atoms with Gasteiger partial charge in [-0.15, -0.1) is 0 Å². The van der Waals surface area contributed by atoms with E-state index in [1.165, 1.54) is 18.2 Å². The Hall–Kier alpha value is -2.28. The maximum absolute atomic E-state index is 12.7. The maximum Gasteiger partial charge on any atom is 0.508 e. The molecule has 1 N–H and O–H groups in total. The lowest BCUT2D eigenvalue weighted by atomic mass is 9.87. The van der Waals surface area contributed by atoms with Gasteiger partial charge < -0.3 is 24.4 Å². The standard InChI is InChI=1S/C19H26N2O5/c1-12-4-5-14(6-13(12)2)15-7-17(26-19(24)25-3)11-20(8-15)18(23)21-9-16(22)10-21/h4-6,15-17,22H,7-11H2,1-3H3. The number of likely N-dealkylation sites (tertiary alicyclic amines) is 2. The van der Waals surface area contributed by atoms with Gasteiger partial charge in [-0.05, 0) is 37.0 Å². The number of hydrogen-bond acceptors (Lipinski definition) is 5. The van der Waals surface area contributed by atoms with Crippen molar-refractivity contribution in [3.63, 3.8) is 0 Å². The molecule has 2 unspecified atom stereocenters. The van der Waals surface area contributed by atoms with Gasteiger partial charge >= 0.3 is 12.2 Å². The van der Waals surface area contributed by atoms with E-state index in [2.05, 4.69) is 36.8 Å². The first-order valence-corrected chi connectivity index (χ1v) is 8.91. The van der Waals surface area contributed by atoms with E-state index in [4.69, 9.17) is 4.74 Å². The number of aliphatic hydroxyl groups is 1. The van der Waals surface area contributed by atoms with Gasteiger partial charge in [0.1, 0.15) is 6.10 Å². The summed E-state index contributed by atoms with van der Waals surface area (Å²) in [6, 6.07) is 6.16. The maximum atomic E-state index is 12.7. The Kier molecular flexibility index (Phi) is 5.36. The van der Waals surface area contributed by atoms with Crippen LogP contribution in [0.25, 0.3) is 0 Å². The smallest absolute Gasteiger partial charge is 0.438 e. The predicted molar refractivity (Wildman–Crippen MR) is 95.1 cm³/mol. The van der Waals surface area contributed by atoms with Crippen LogP contribution in [0.15, 0.2) is 18.2 Å². The fourth-order valence-electron chi connectivity index (χ4n) is 3.55.